The van der Waals surface area contributed by atoms with Crippen molar-refractivity contribution < 1.29 is 0 Å². The highest BCUT2D eigenvalue weighted by molar-refractivity contribution is 8.14. The van der Waals surface area contributed by atoms with Gasteiger partial charge in [0.1, 0.15) is 0 Å². The van der Waals surface area contributed by atoms with E-state index in [1.54, 1.807) is 11.8 Å². The summed E-state index contributed by atoms with van der Waals surface area (Å²) in [5.41, 5.74) is 3.43. The van der Waals surface area contributed by atoms with Gasteiger partial charge >= 0.3 is 0 Å². The maximum atomic E-state index is 5.45. The first-order chi connectivity index (χ1) is 9.85. The summed E-state index contributed by atoms with van der Waals surface area (Å²) < 4.78 is 0. The maximum Gasteiger partial charge on any atom is 0.169 e. The fourth-order valence-electron chi connectivity index (χ4n) is 2.64. The molecule has 0 unspecified atom stereocenters. The molecule has 2 aromatic rings. The van der Waals surface area contributed by atoms with Gasteiger partial charge < -0.3 is 4.90 Å². The first-order valence-electron chi connectivity index (χ1n) is 6.54. The van der Waals surface area contributed by atoms with Crippen molar-refractivity contribution in [2.45, 2.75) is 10.9 Å². The number of benzene rings is 2. The molecule has 0 saturated heterocycles. The number of terminal acetylenes is 1. The second-order valence-corrected chi connectivity index (χ2v) is 5.89. The second kappa shape index (κ2) is 4.43. The van der Waals surface area contributed by atoms with Crippen LogP contribution in [0, 0.1) is 12.3 Å². The van der Waals surface area contributed by atoms with Gasteiger partial charge in [0, 0.05) is 10.5 Å². The molecule has 1 atom stereocenters. The predicted molar refractivity (Wildman–Crippen MR) is 84.2 cm³/mol. The summed E-state index contributed by atoms with van der Waals surface area (Å²) in [4.78, 5) is 8.35. The molecular weight excluding hydrogens is 264 g/mol. The molecule has 0 amide bonds. The third-order valence-corrected chi connectivity index (χ3v) is 4.71. The van der Waals surface area contributed by atoms with Crippen LogP contribution >= 0.6 is 11.8 Å². The Balaban J connectivity index is 1.67. The molecule has 0 bridgehead atoms. The van der Waals surface area contributed by atoms with E-state index in [4.69, 9.17) is 11.4 Å². The average molecular weight is 276 g/mol. The quantitative estimate of drug-likeness (QED) is 0.738. The third-order valence-electron chi connectivity index (χ3n) is 3.66. The van der Waals surface area contributed by atoms with Crippen molar-refractivity contribution in [2.75, 3.05) is 11.4 Å². The van der Waals surface area contributed by atoms with Crippen LogP contribution in [0.2, 0.25) is 0 Å². The van der Waals surface area contributed by atoms with E-state index in [0.717, 1.165) is 17.3 Å². The SMILES string of the molecule is C#Cc1ccc2c(c1)SC1=N[C@@H](c3ccccc3)CN12. The summed E-state index contributed by atoms with van der Waals surface area (Å²) in [6.45, 7) is 0.911. The molecule has 0 aliphatic carbocycles. The lowest BCUT2D eigenvalue weighted by Crippen LogP contribution is -2.21. The number of nitrogens with zero attached hydrogens (tertiary/aromatic N) is 2. The van der Waals surface area contributed by atoms with E-state index >= 15 is 0 Å². The minimum Gasteiger partial charge on any atom is -0.317 e. The van der Waals surface area contributed by atoms with Crippen molar-refractivity contribution in [1.29, 1.82) is 0 Å². The molecule has 2 heterocycles. The predicted octanol–water partition coefficient (Wildman–Crippen LogP) is 3.69. The Bertz CT molecular complexity index is 743. The zero-order valence-electron chi connectivity index (χ0n) is 10.8. The molecule has 0 fully saturated rings. The zero-order valence-corrected chi connectivity index (χ0v) is 11.6. The molecule has 2 nitrogen and oxygen atoms in total. The van der Waals surface area contributed by atoms with Gasteiger partial charge in [0.15, 0.2) is 5.17 Å². The molecule has 0 N–H and O–H groups in total. The monoisotopic (exact) mass is 276 g/mol. The van der Waals surface area contributed by atoms with E-state index in [2.05, 4.69) is 47.2 Å². The van der Waals surface area contributed by atoms with E-state index in [9.17, 15) is 0 Å². The standard InChI is InChI=1S/C17H12N2S/c1-2-12-8-9-15-16(10-12)20-17-18-14(11-19(15)17)13-6-4-3-5-7-13/h1,3-10,14H,11H2/t14-/m1/s1. The summed E-state index contributed by atoms with van der Waals surface area (Å²) >= 11 is 1.72. The van der Waals surface area contributed by atoms with Crippen LogP contribution in [0.25, 0.3) is 0 Å². The summed E-state index contributed by atoms with van der Waals surface area (Å²) in [6.07, 6.45) is 5.45. The van der Waals surface area contributed by atoms with Gasteiger partial charge in [-0.05, 0) is 35.5 Å². The van der Waals surface area contributed by atoms with Crippen molar-refractivity contribution in [2.24, 2.45) is 4.99 Å². The number of amidine groups is 1. The first-order valence-corrected chi connectivity index (χ1v) is 7.35. The Hall–Kier alpha value is -2.18. The van der Waals surface area contributed by atoms with E-state index < -0.39 is 0 Å². The van der Waals surface area contributed by atoms with Gasteiger partial charge in [0.05, 0.1) is 18.3 Å². The smallest absolute Gasteiger partial charge is 0.169 e. The van der Waals surface area contributed by atoms with Crippen LogP contribution in [0.4, 0.5) is 5.69 Å². The van der Waals surface area contributed by atoms with Gasteiger partial charge in [-0.2, -0.15) is 0 Å². The highest BCUT2D eigenvalue weighted by Crippen LogP contribution is 2.45. The first kappa shape index (κ1) is 11.6. The molecule has 2 aliphatic rings. The van der Waals surface area contributed by atoms with Crippen LogP contribution in [-0.4, -0.2) is 11.7 Å². The fraction of sp³-hybridized carbons (Fsp3) is 0.118. The van der Waals surface area contributed by atoms with E-state index in [1.165, 1.54) is 16.1 Å². The van der Waals surface area contributed by atoms with Gasteiger partial charge in [0.2, 0.25) is 0 Å². The molecule has 0 spiro atoms. The van der Waals surface area contributed by atoms with Gasteiger partial charge in [-0.1, -0.05) is 36.3 Å². The van der Waals surface area contributed by atoms with Crippen LogP contribution in [0.5, 0.6) is 0 Å². The van der Waals surface area contributed by atoms with E-state index in [-0.39, 0.29) is 6.04 Å². The van der Waals surface area contributed by atoms with Gasteiger partial charge in [-0.3, -0.25) is 4.99 Å². The van der Waals surface area contributed by atoms with Crippen molar-refractivity contribution >= 4 is 22.6 Å². The molecule has 20 heavy (non-hydrogen) atoms. The van der Waals surface area contributed by atoms with E-state index in [1.807, 2.05) is 12.1 Å². The Kier molecular flexibility index (Phi) is 2.58. The average Bonchev–Trinajstić information content (AvgIpc) is 3.05. The Morgan fingerprint density at radius 3 is 2.85 bits per heavy atom. The molecule has 2 aromatic carbocycles. The summed E-state index contributed by atoms with van der Waals surface area (Å²) in [5, 5.41) is 1.09. The molecule has 3 heteroatoms. The lowest BCUT2D eigenvalue weighted by atomic mass is 10.1. The van der Waals surface area contributed by atoms with Gasteiger partial charge in [0.25, 0.3) is 0 Å². The molecular formula is C17H12N2S. The summed E-state index contributed by atoms with van der Waals surface area (Å²) in [5.74, 6) is 2.69. The Morgan fingerprint density at radius 2 is 2.05 bits per heavy atom. The van der Waals surface area contributed by atoms with Crippen molar-refractivity contribution in [1.82, 2.24) is 0 Å². The Morgan fingerprint density at radius 1 is 1.20 bits per heavy atom. The second-order valence-electron chi connectivity index (χ2n) is 4.88. The zero-order chi connectivity index (χ0) is 13.5. The molecule has 2 aliphatic heterocycles. The number of aliphatic imine (C=N–C) groups is 1. The van der Waals surface area contributed by atoms with Crippen molar-refractivity contribution in [3.63, 3.8) is 0 Å². The van der Waals surface area contributed by atoms with Gasteiger partial charge in [-0.25, -0.2) is 0 Å². The number of fused-ring (bicyclic) bond motifs is 3. The lowest BCUT2D eigenvalue weighted by Gasteiger charge is -2.15. The molecule has 4 rings (SSSR count). The fourth-order valence-corrected chi connectivity index (χ4v) is 3.77. The normalized spacial score (nSPS) is 19.2. The molecule has 96 valence electrons. The number of hydrogen-bond donors (Lipinski definition) is 0. The van der Waals surface area contributed by atoms with Crippen LogP contribution < -0.4 is 4.90 Å². The van der Waals surface area contributed by atoms with Crippen LogP contribution in [0.15, 0.2) is 58.4 Å². The minimum absolute atomic E-state index is 0.235. The highest BCUT2D eigenvalue weighted by Gasteiger charge is 2.34. The third kappa shape index (κ3) is 1.73. The summed E-state index contributed by atoms with van der Waals surface area (Å²) in [6, 6.07) is 16.9. The van der Waals surface area contributed by atoms with Crippen molar-refractivity contribution in [3.8, 4) is 12.3 Å². The number of rotatable bonds is 1. The molecule has 0 saturated carbocycles. The van der Waals surface area contributed by atoms with Crippen LogP contribution in [0.1, 0.15) is 17.2 Å². The topological polar surface area (TPSA) is 15.6 Å². The van der Waals surface area contributed by atoms with Gasteiger partial charge in [-0.15, -0.1) is 6.42 Å². The van der Waals surface area contributed by atoms with Crippen LogP contribution in [-0.2, 0) is 0 Å². The van der Waals surface area contributed by atoms with E-state index in [0.29, 0.717) is 0 Å². The Labute approximate surface area is 122 Å². The maximum absolute atomic E-state index is 5.45. The van der Waals surface area contributed by atoms with Crippen molar-refractivity contribution in [3.05, 3.63) is 59.7 Å². The summed E-state index contributed by atoms with van der Waals surface area (Å²) in [7, 11) is 0. The minimum atomic E-state index is 0.235. The van der Waals surface area contributed by atoms with Crippen LogP contribution in [0.3, 0.4) is 0 Å². The number of anilines is 1. The largest absolute Gasteiger partial charge is 0.317 e. The number of hydrogen-bond acceptors (Lipinski definition) is 3. The number of thioether (sulfide) groups is 1. The highest BCUT2D eigenvalue weighted by atomic mass is 32.2. The molecule has 0 aromatic heterocycles. The lowest BCUT2D eigenvalue weighted by molar-refractivity contribution is 0.778. The molecule has 0 radical (unpaired) electrons.